The molecule has 3 aromatic carbocycles. The molecule has 190 valence electrons. The Bertz CT molecular complexity index is 1220. The number of para-hydroxylation sites is 2. The van der Waals surface area contributed by atoms with E-state index in [0.717, 1.165) is 55.9 Å². The fraction of sp³-hybridized carbons (Fsp3) is 0.424. The van der Waals surface area contributed by atoms with Crippen LogP contribution < -0.4 is 4.74 Å². The van der Waals surface area contributed by atoms with Crippen LogP contribution in [0.2, 0.25) is 0 Å². The number of benzene rings is 3. The largest absolute Gasteiger partial charge is 0.494 e. The summed E-state index contributed by atoms with van der Waals surface area (Å²) in [6.45, 7) is 13.0. The lowest BCUT2D eigenvalue weighted by Gasteiger charge is -2.16. The summed E-state index contributed by atoms with van der Waals surface area (Å²) in [6, 6.07) is 26.3. The second-order valence-corrected chi connectivity index (χ2v) is 10.6. The van der Waals surface area contributed by atoms with E-state index in [2.05, 4.69) is 112 Å². The first kappa shape index (κ1) is 26.0. The van der Waals surface area contributed by atoms with Gasteiger partial charge >= 0.3 is 0 Å². The van der Waals surface area contributed by atoms with Gasteiger partial charge in [0, 0.05) is 12.5 Å². The minimum absolute atomic E-state index is 0.241. The first-order valence-electron chi connectivity index (χ1n) is 13.7. The molecule has 2 atom stereocenters. The molecule has 0 fully saturated rings. The van der Waals surface area contributed by atoms with E-state index < -0.39 is 0 Å². The number of imidazole rings is 1. The van der Waals surface area contributed by atoms with E-state index in [0.29, 0.717) is 11.8 Å². The number of aromatic nitrogens is 2. The highest BCUT2D eigenvalue weighted by Crippen LogP contribution is 2.28. The molecule has 0 aliphatic heterocycles. The van der Waals surface area contributed by atoms with Gasteiger partial charge in [-0.05, 0) is 78.5 Å². The van der Waals surface area contributed by atoms with Gasteiger partial charge in [0.15, 0.2) is 0 Å². The van der Waals surface area contributed by atoms with E-state index in [1.807, 2.05) is 0 Å². The van der Waals surface area contributed by atoms with Crippen LogP contribution in [0.5, 0.6) is 5.75 Å². The fourth-order valence-corrected chi connectivity index (χ4v) is 4.91. The summed E-state index contributed by atoms with van der Waals surface area (Å²) in [5, 5.41) is 0. The maximum atomic E-state index is 6.04. The Morgan fingerprint density at radius 1 is 0.806 bits per heavy atom. The topological polar surface area (TPSA) is 27.1 Å². The van der Waals surface area contributed by atoms with Gasteiger partial charge in [0.05, 0.1) is 17.6 Å². The molecule has 0 bridgehead atoms. The van der Waals surface area contributed by atoms with Crippen LogP contribution in [0, 0.1) is 5.92 Å². The Balaban J connectivity index is 1.40. The summed E-state index contributed by atoms with van der Waals surface area (Å²) in [7, 11) is 0. The van der Waals surface area contributed by atoms with E-state index in [9.17, 15) is 0 Å². The molecule has 2 unspecified atom stereocenters. The van der Waals surface area contributed by atoms with Crippen molar-refractivity contribution in [2.24, 2.45) is 5.92 Å². The molecule has 4 rings (SSSR count). The third-order valence-electron chi connectivity index (χ3n) is 7.30. The van der Waals surface area contributed by atoms with Crippen molar-refractivity contribution in [2.75, 3.05) is 6.61 Å². The molecule has 36 heavy (non-hydrogen) atoms. The molecule has 0 radical (unpaired) electrons. The van der Waals surface area contributed by atoms with Crippen LogP contribution in [-0.2, 0) is 13.0 Å². The Morgan fingerprint density at radius 2 is 1.50 bits per heavy atom. The third kappa shape index (κ3) is 6.37. The molecule has 4 aromatic rings. The molecule has 0 saturated heterocycles. The molecule has 0 aliphatic rings. The first-order valence-corrected chi connectivity index (χ1v) is 13.7. The van der Waals surface area contributed by atoms with E-state index in [-0.39, 0.29) is 5.92 Å². The second kappa shape index (κ2) is 12.3. The van der Waals surface area contributed by atoms with Crippen LogP contribution in [0.25, 0.3) is 11.0 Å². The SMILES string of the molecule is CCC(C)c1ccc(OCCCCn2c(C(C)c3ccc(CC(C)C)cc3)nc3ccccc32)cc1. The Kier molecular flexibility index (Phi) is 8.85. The van der Waals surface area contributed by atoms with Crippen LogP contribution in [0.1, 0.15) is 88.2 Å². The van der Waals surface area contributed by atoms with Crippen molar-refractivity contribution >= 4 is 11.0 Å². The lowest BCUT2D eigenvalue weighted by molar-refractivity contribution is 0.303. The molecular formula is C33H42N2O. The Hall–Kier alpha value is -3.07. The number of fused-ring (bicyclic) bond motifs is 1. The normalized spacial score (nSPS) is 13.3. The monoisotopic (exact) mass is 482 g/mol. The predicted octanol–water partition coefficient (Wildman–Crippen LogP) is 8.76. The summed E-state index contributed by atoms with van der Waals surface area (Å²) in [4.78, 5) is 5.07. The van der Waals surface area contributed by atoms with Crippen molar-refractivity contribution in [3.05, 3.63) is 95.3 Å². The molecule has 0 N–H and O–H groups in total. The van der Waals surface area contributed by atoms with Gasteiger partial charge in [-0.3, -0.25) is 0 Å². The summed E-state index contributed by atoms with van der Waals surface area (Å²) < 4.78 is 8.46. The van der Waals surface area contributed by atoms with Crippen LogP contribution >= 0.6 is 0 Å². The van der Waals surface area contributed by atoms with Gasteiger partial charge in [-0.2, -0.15) is 0 Å². The van der Waals surface area contributed by atoms with Gasteiger partial charge in [-0.1, -0.05) is 83.1 Å². The molecule has 0 saturated carbocycles. The van der Waals surface area contributed by atoms with Gasteiger partial charge in [-0.25, -0.2) is 4.98 Å². The zero-order valence-electron chi connectivity index (χ0n) is 22.7. The highest BCUT2D eigenvalue weighted by molar-refractivity contribution is 5.76. The van der Waals surface area contributed by atoms with Gasteiger partial charge < -0.3 is 9.30 Å². The molecule has 3 nitrogen and oxygen atoms in total. The summed E-state index contributed by atoms with van der Waals surface area (Å²) in [6.07, 6.45) is 4.35. The molecular weight excluding hydrogens is 440 g/mol. The zero-order chi connectivity index (χ0) is 25.5. The van der Waals surface area contributed by atoms with Gasteiger partial charge in [0.2, 0.25) is 0 Å². The fourth-order valence-electron chi connectivity index (χ4n) is 4.91. The number of rotatable bonds is 12. The zero-order valence-corrected chi connectivity index (χ0v) is 22.7. The lowest BCUT2D eigenvalue weighted by Crippen LogP contribution is -2.10. The van der Waals surface area contributed by atoms with Crippen molar-refractivity contribution in [3.8, 4) is 5.75 Å². The molecule has 1 aromatic heterocycles. The van der Waals surface area contributed by atoms with Gasteiger partial charge in [0.1, 0.15) is 11.6 Å². The smallest absolute Gasteiger partial charge is 0.119 e. The summed E-state index contributed by atoms with van der Waals surface area (Å²) in [5.74, 6) is 3.62. The van der Waals surface area contributed by atoms with Crippen LogP contribution in [0.4, 0.5) is 0 Å². The quantitative estimate of drug-likeness (QED) is 0.189. The van der Waals surface area contributed by atoms with Crippen molar-refractivity contribution in [2.45, 2.75) is 78.7 Å². The lowest BCUT2D eigenvalue weighted by atomic mass is 9.96. The van der Waals surface area contributed by atoms with E-state index in [1.54, 1.807) is 0 Å². The number of nitrogens with zero attached hydrogens (tertiary/aromatic N) is 2. The van der Waals surface area contributed by atoms with Crippen molar-refractivity contribution in [1.82, 2.24) is 9.55 Å². The minimum atomic E-state index is 0.241. The van der Waals surface area contributed by atoms with E-state index >= 15 is 0 Å². The van der Waals surface area contributed by atoms with Gasteiger partial charge in [-0.15, -0.1) is 0 Å². The standard InChI is InChI=1S/C33H42N2O/c1-6-25(4)28-17-19-30(20-18-28)36-22-10-9-21-35-32-12-8-7-11-31(32)34-33(35)26(5)29-15-13-27(14-16-29)23-24(2)3/h7-8,11-20,24-26H,6,9-10,21-23H2,1-5H3. The molecule has 3 heteroatoms. The van der Waals surface area contributed by atoms with Crippen LogP contribution in [0.15, 0.2) is 72.8 Å². The summed E-state index contributed by atoms with van der Waals surface area (Å²) >= 11 is 0. The Morgan fingerprint density at radius 3 is 2.19 bits per heavy atom. The maximum absolute atomic E-state index is 6.04. The molecule has 0 spiro atoms. The molecule has 0 amide bonds. The highest BCUT2D eigenvalue weighted by Gasteiger charge is 2.18. The third-order valence-corrected chi connectivity index (χ3v) is 7.30. The van der Waals surface area contributed by atoms with Crippen LogP contribution in [0.3, 0.4) is 0 Å². The number of hydrogen-bond acceptors (Lipinski definition) is 2. The molecule has 0 aliphatic carbocycles. The van der Waals surface area contributed by atoms with Crippen molar-refractivity contribution < 1.29 is 4.74 Å². The van der Waals surface area contributed by atoms with E-state index in [1.165, 1.54) is 22.2 Å². The average Bonchev–Trinajstić information content (AvgIpc) is 3.26. The van der Waals surface area contributed by atoms with Crippen molar-refractivity contribution in [1.29, 1.82) is 0 Å². The Labute approximate surface area is 217 Å². The second-order valence-electron chi connectivity index (χ2n) is 10.6. The van der Waals surface area contributed by atoms with Gasteiger partial charge in [0.25, 0.3) is 0 Å². The number of ether oxygens (including phenoxy) is 1. The van der Waals surface area contributed by atoms with Crippen molar-refractivity contribution in [3.63, 3.8) is 0 Å². The highest BCUT2D eigenvalue weighted by atomic mass is 16.5. The number of aryl methyl sites for hydroxylation is 1. The number of hydrogen-bond donors (Lipinski definition) is 0. The predicted molar refractivity (Wildman–Crippen MR) is 152 cm³/mol. The number of unbranched alkanes of at least 4 members (excludes halogenated alkanes) is 1. The maximum Gasteiger partial charge on any atom is 0.119 e. The molecule has 1 heterocycles. The summed E-state index contributed by atoms with van der Waals surface area (Å²) in [5.41, 5.74) is 6.41. The average molecular weight is 483 g/mol. The minimum Gasteiger partial charge on any atom is -0.494 e. The first-order chi connectivity index (χ1) is 17.5. The van der Waals surface area contributed by atoms with Crippen LogP contribution in [-0.4, -0.2) is 16.2 Å². The van der Waals surface area contributed by atoms with E-state index in [4.69, 9.17) is 9.72 Å².